The Balaban J connectivity index is 1.04. The number of anilines is 1. The Kier molecular flexibility index (Phi) is 6.90. The van der Waals surface area contributed by atoms with E-state index in [0.717, 1.165) is 41.4 Å². The Morgan fingerprint density at radius 1 is 1.05 bits per heavy atom. The SMILES string of the molecule is O=C(c1ccc(Cc2nc3c(N4CCC(O)(c5ccc(Cl)cc5)CC4)cccn3n2)cc1)N1CCO[C@@H]2CNC[C@H]21. The first-order chi connectivity index (χ1) is 20.0. The molecule has 7 rings (SSSR count). The number of benzene rings is 2. The second-order valence-corrected chi connectivity index (χ2v) is 11.7. The van der Waals surface area contributed by atoms with E-state index in [0.29, 0.717) is 56.1 Å². The van der Waals surface area contributed by atoms with Gasteiger partial charge in [-0.25, -0.2) is 9.50 Å². The number of rotatable bonds is 5. The van der Waals surface area contributed by atoms with Crippen LogP contribution in [0.4, 0.5) is 5.69 Å². The molecule has 3 aliphatic rings. The molecule has 4 aromatic rings. The van der Waals surface area contributed by atoms with E-state index in [1.165, 1.54) is 0 Å². The minimum Gasteiger partial charge on any atom is -0.385 e. The predicted molar refractivity (Wildman–Crippen MR) is 156 cm³/mol. The summed E-state index contributed by atoms with van der Waals surface area (Å²) < 4.78 is 7.64. The molecule has 41 heavy (non-hydrogen) atoms. The molecule has 0 unspecified atom stereocenters. The number of nitrogens with zero attached hydrogens (tertiary/aromatic N) is 5. The van der Waals surface area contributed by atoms with Crippen LogP contribution in [-0.4, -0.2) is 82.0 Å². The quantitative estimate of drug-likeness (QED) is 0.379. The van der Waals surface area contributed by atoms with Crippen LogP contribution in [0.1, 0.15) is 40.2 Å². The maximum Gasteiger partial charge on any atom is 0.254 e. The van der Waals surface area contributed by atoms with Crippen molar-refractivity contribution in [2.45, 2.75) is 37.0 Å². The van der Waals surface area contributed by atoms with Crippen molar-refractivity contribution in [1.29, 1.82) is 0 Å². The Morgan fingerprint density at radius 2 is 1.83 bits per heavy atom. The molecule has 3 aliphatic heterocycles. The summed E-state index contributed by atoms with van der Waals surface area (Å²) in [6.07, 6.45) is 3.79. The molecule has 0 spiro atoms. The third kappa shape index (κ3) is 5.08. The lowest BCUT2D eigenvalue weighted by molar-refractivity contribution is -0.0364. The Bertz CT molecular complexity index is 1550. The van der Waals surface area contributed by atoms with Gasteiger partial charge in [-0.05, 0) is 60.4 Å². The zero-order valence-electron chi connectivity index (χ0n) is 22.7. The number of nitrogens with one attached hydrogen (secondary N) is 1. The van der Waals surface area contributed by atoms with Gasteiger partial charge in [0.1, 0.15) is 0 Å². The molecule has 2 atom stereocenters. The Hall–Kier alpha value is -3.50. The molecule has 0 bridgehead atoms. The van der Waals surface area contributed by atoms with Crippen LogP contribution in [0.3, 0.4) is 0 Å². The smallest absolute Gasteiger partial charge is 0.254 e. The van der Waals surface area contributed by atoms with Crippen molar-refractivity contribution in [2.75, 3.05) is 44.2 Å². The molecule has 0 aliphatic carbocycles. The summed E-state index contributed by atoms with van der Waals surface area (Å²) in [6, 6.07) is 19.4. The molecule has 3 saturated heterocycles. The second-order valence-electron chi connectivity index (χ2n) is 11.2. The van der Waals surface area contributed by atoms with Crippen molar-refractivity contribution in [3.05, 3.63) is 94.4 Å². The fourth-order valence-electron chi connectivity index (χ4n) is 6.38. The largest absolute Gasteiger partial charge is 0.385 e. The van der Waals surface area contributed by atoms with Crippen LogP contribution < -0.4 is 10.2 Å². The van der Waals surface area contributed by atoms with Crippen LogP contribution in [0.5, 0.6) is 0 Å². The van der Waals surface area contributed by atoms with Crippen molar-refractivity contribution in [3.8, 4) is 0 Å². The number of hydrogen-bond donors (Lipinski definition) is 2. The molecule has 0 saturated carbocycles. The van der Waals surface area contributed by atoms with E-state index in [4.69, 9.17) is 26.4 Å². The van der Waals surface area contributed by atoms with Gasteiger partial charge in [0.05, 0.1) is 30.0 Å². The minimum atomic E-state index is -0.865. The van der Waals surface area contributed by atoms with Gasteiger partial charge in [0.15, 0.2) is 11.5 Å². The summed E-state index contributed by atoms with van der Waals surface area (Å²) in [4.78, 5) is 22.4. The first-order valence-corrected chi connectivity index (χ1v) is 14.6. The zero-order chi connectivity index (χ0) is 28.0. The van der Waals surface area contributed by atoms with Crippen molar-refractivity contribution in [2.24, 2.45) is 0 Å². The van der Waals surface area contributed by atoms with Crippen LogP contribution in [0, 0.1) is 0 Å². The van der Waals surface area contributed by atoms with Gasteiger partial charge < -0.3 is 25.0 Å². The molecule has 5 heterocycles. The third-order valence-electron chi connectivity index (χ3n) is 8.72. The highest BCUT2D eigenvalue weighted by molar-refractivity contribution is 6.30. The number of ether oxygens (including phenoxy) is 1. The first-order valence-electron chi connectivity index (χ1n) is 14.3. The molecular weight excluding hydrogens is 540 g/mol. The van der Waals surface area contributed by atoms with Crippen LogP contribution >= 0.6 is 11.6 Å². The molecule has 2 aromatic carbocycles. The second kappa shape index (κ2) is 10.7. The summed E-state index contributed by atoms with van der Waals surface area (Å²) in [6.45, 7) is 4.18. The van der Waals surface area contributed by atoms with Gasteiger partial charge >= 0.3 is 0 Å². The topological polar surface area (TPSA) is 95.2 Å². The number of halogens is 1. The number of aromatic nitrogens is 3. The third-order valence-corrected chi connectivity index (χ3v) is 8.97. The van der Waals surface area contributed by atoms with Crippen LogP contribution in [0.2, 0.25) is 5.02 Å². The summed E-state index contributed by atoms with van der Waals surface area (Å²) in [5.74, 6) is 0.776. The van der Waals surface area contributed by atoms with Crippen molar-refractivity contribution < 1.29 is 14.6 Å². The summed E-state index contributed by atoms with van der Waals surface area (Å²) in [5.41, 5.74) is 3.59. The van der Waals surface area contributed by atoms with E-state index in [-0.39, 0.29) is 18.1 Å². The lowest BCUT2D eigenvalue weighted by Crippen LogP contribution is -2.53. The highest BCUT2D eigenvalue weighted by Crippen LogP contribution is 2.36. The summed E-state index contributed by atoms with van der Waals surface area (Å²) in [7, 11) is 0. The average Bonchev–Trinajstić information content (AvgIpc) is 3.65. The molecule has 3 fully saturated rings. The molecule has 2 aromatic heterocycles. The normalized spacial score (nSPS) is 22.2. The highest BCUT2D eigenvalue weighted by atomic mass is 35.5. The van der Waals surface area contributed by atoms with E-state index in [9.17, 15) is 9.90 Å². The number of morpholine rings is 1. The summed E-state index contributed by atoms with van der Waals surface area (Å²) >= 11 is 6.05. The molecule has 212 valence electrons. The van der Waals surface area contributed by atoms with E-state index in [1.54, 1.807) is 0 Å². The van der Waals surface area contributed by atoms with Crippen LogP contribution in [-0.2, 0) is 16.8 Å². The minimum absolute atomic E-state index is 0.0542. The van der Waals surface area contributed by atoms with Crippen molar-refractivity contribution >= 4 is 28.8 Å². The van der Waals surface area contributed by atoms with Gasteiger partial charge in [-0.3, -0.25) is 4.79 Å². The standard InChI is InChI=1S/C31H33ClN6O3/c32-24-9-7-23(8-10-24)31(40)11-14-36(15-12-31)25-2-1-13-38-29(25)34-28(35-38)18-21-3-5-22(6-4-21)30(39)37-16-17-41-27-20-33-19-26(27)37/h1-10,13,26-27,33,40H,11-12,14-20H2/t26-,27-/m1/s1. The number of fused-ring (bicyclic) bond motifs is 2. The molecule has 10 heteroatoms. The van der Waals surface area contributed by atoms with Crippen molar-refractivity contribution in [3.63, 3.8) is 0 Å². The maximum absolute atomic E-state index is 13.2. The van der Waals surface area contributed by atoms with Gasteiger partial charge in [0, 0.05) is 55.9 Å². The van der Waals surface area contributed by atoms with E-state index in [1.807, 2.05) is 70.2 Å². The van der Waals surface area contributed by atoms with E-state index < -0.39 is 5.60 Å². The average molecular weight is 573 g/mol. The highest BCUT2D eigenvalue weighted by Gasteiger charge is 2.39. The molecular formula is C31H33ClN6O3. The van der Waals surface area contributed by atoms with Crippen LogP contribution in [0.25, 0.3) is 5.65 Å². The molecule has 9 nitrogen and oxygen atoms in total. The maximum atomic E-state index is 13.2. The van der Waals surface area contributed by atoms with Crippen LogP contribution in [0.15, 0.2) is 66.9 Å². The first kappa shape index (κ1) is 26.4. The monoisotopic (exact) mass is 572 g/mol. The lowest BCUT2D eigenvalue weighted by Gasteiger charge is -2.39. The van der Waals surface area contributed by atoms with Gasteiger partial charge in [-0.2, -0.15) is 5.10 Å². The van der Waals surface area contributed by atoms with Gasteiger partial charge in [-0.1, -0.05) is 35.9 Å². The number of piperidine rings is 1. The fraction of sp³-hybridized carbons (Fsp3) is 0.387. The van der Waals surface area contributed by atoms with Gasteiger partial charge in [-0.15, -0.1) is 0 Å². The number of hydrogen-bond acceptors (Lipinski definition) is 7. The Morgan fingerprint density at radius 3 is 2.61 bits per heavy atom. The molecule has 1 amide bonds. The summed E-state index contributed by atoms with van der Waals surface area (Å²) in [5, 5.41) is 20.0. The number of amides is 1. The number of aliphatic hydroxyl groups is 1. The zero-order valence-corrected chi connectivity index (χ0v) is 23.5. The predicted octanol–water partition coefficient (Wildman–Crippen LogP) is 3.27. The lowest BCUT2D eigenvalue weighted by atomic mass is 9.84. The van der Waals surface area contributed by atoms with Gasteiger partial charge in [0.2, 0.25) is 0 Å². The van der Waals surface area contributed by atoms with Crippen molar-refractivity contribution in [1.82, 2.24) is 24.8 Å². The number of carbonyl (C=O) groups is 1. The van der Waals surface area contributed by atoms with E-state index in [2.05, 4.69) is 16.3 Å². The van der Waals surface area contributed by atoms with E-state index >= 15 is 0 Å². The fourth-order valence-corrected chi connectivity index (χ4v) is 6.51. The number of pyridine rings is 1. The Labute approximate surface area is 243 Å². The molecule has 2 N–H and O–H groups in total. The van der Waals surface area contributed by atoms with Gasteiger partial charge in [0.25, 0.3) is 5.91 Å². The molecule has 0 radical (unpaired) electrons. The number of carbonyl (C=O) groups excluding carboxylic acids is 1.